The molecular formula is C70H103Cl3N8O19. The highest BCUT2D eigenvalue weighted by atomic mass is 35.5. The van der Waals surface area contributed by atoms with Crippen molar-refractivity contribution in [1.29, 1.82) is 0 Å². The molecule has 2 saturated carbocycles. The predicted molar refractivity (Wildman–Crippen MR) is 372 cm³/mol. The molecule has 0 radical (unpaired) electrons. The Balaban J connectivity index is 0.000000817. The average Bonchev–Trinajstić information content (AvgIpc) is 1.11. The van der Waals surface area contributed by atoms with E-state index in [2.05, 4.69) is 34.8 Å². The third kappa shape index (κ3) is 27.4. The number of rotatable bonds is 14. The van der Waals surface area contributed by atoms with Crippen LogP contribution in [0.1, 0.15) is 106 Å². The zero-order valence-electron chi connectivity index (χ0n) is 58.9. The number of hydrogen-bond acceptors (Lipinski definition) is 21. The fourth-order valence-corrected chi connectivity index (χ4v) is 10.9. The predicted octanol–water partition coefficient (Wildman–Crippen LogP) is 0.656. The smallest absolute Gasteiger partial charge is 0.405 e. The molecule has 1 aromatic rings. The summed E-state index contributed by atoms with van der Waals surface area (Å²) >= 11 is 5.05. The highest BCUT2D eigenvalue weighted by Gasteiger charge is 2.45. The first kappa shape index (κ1) is 90.5. The number of carboxylic acid groups (broad SMARTS) is 1. The number of aliphatic hydroxyl groups is 2. The monoisotopic (exact) mass is 1460 g/mol. The number of aliphatic hydroxyl groups excluding tert-OH is 2. The maximum atomic E-state index is 13.5. The maximum Gasteiger partial charge on any atom is 0.405 e. The molecule has 12 atom stereocenters. The van der Waals surface area contributed by atoms with Crippen LogP contribution in [0.5, 0.6) is 11.5 Å². The zero-order valence-corrected chi connectivity index (χ0v) is 61.3. The fraction of sp³-hybridized carbons (Fsp3) is 0.514. The minimum atomic E-state index is -1.01. The number of benzene rings is 1. The largest absolute Gasteiger partial charge is 1.00 e. The lowest BCUT2D eigenvalue weighted by molar-refractivity contribution is -0.562. The molecule has 558 valence electrons. The number of phenolic OH excluding ortho intramolecular Hbond substituents is 2. The van der Waals surface area contributed by atoms with Gasteiger partial charge in [-0.15, -0.1) is 19.0 Å². The van der Waals surface area contributed by atoms with Crippen molar-refractivity contribution >= 4 is 82.2 Å². The molecule has 2 fully saturated rings. The number of quaternary nitrogens is 2. The number of halogens is 3. The Labute approximate surface area is 602 Å². The number of aliphatic carboxylic acids is 1. The first-order valence-corrected chi connectivity index (χ1v) is 32.4. The lowest BCUT2D eigenvalue weighted by Crippen LogP contribution is -3.00. The number of nitrogens with one attached hydrogen (secondary N) is 3. The van der Waals surface area contributed by atoms with Crippen LogP contribution in [-0.4, -0.2) is 169 Å². The van der Waals surface area contributed by atoms with Crippen LogP contribution in [0.4, 0.5) is 21.0 Å². The SMILES string of the molecule is C=CCNC1=C2C[C@@H](C)C[C@H](OC)[C@H](O)[C@@H](C)/C=C(\C)[C@H](OC(N)=O)[C@@H](OC)/C=C\C=C(/C)C(=O)NC(=CC1=O)C2=O.C=CC[NH2+]c1c(O)cc2c(O)c1C[C@@H](C)C[C@H](OC)[C@H](O)[C@@H](C)/C=C(\C)[C@H](OC(N)=O)[C@@H](OC)/C=C\C=C(/C)C(=O)N2.Cl.NC1(C(=O)Cl)CC1.[Cl-].[NH3+]C1(C(=O)[O-])CC1. The molecule has 4 bridgehead atoms. The van der Waals surface area contributed by atoms with E-state index in [9.17, 15) is 63.9 Å². The molecule has 0 spiro atoms. The normalized spacial score (nSPS) is 29.0. The topological polar surface area (TPSA) is 454 Å². The molecule has 4 amide bonds. The van der Waals surface area contributed by atoms with Gasteiger partial charge >= 0.3 is 12.2 Å². The molecule has 6 rings (SSSR count). The number of carbonyl (C=O) groups excluding carboxylic acids is 8. The van der Waals surface area contributed by atoms with E-state index in [0.717, 1.165) is 18.9 Å². The molecular weight excluding hydrogens is 1360 g/mol. The van der Waals surface area contributed by atoms with Crippen LogP contribution in [0.3, 0.4) is 0 Å². The summed E-state index contributed by atoms with van der Waals surface area (Å²) in [5.41, 5.74) is 21.1. The number of anilines is 1. The quantitative estimate of drug-likeness (QED) is 0.0304. The third-order valence-corrected chi connectivity index (χ3v) is 17.4. The maximum absolute atomic E-state index is 13.5. The van der Waals surface area contributed by atoms with Gasteiger partial charge in [-0.05, 0) is 107 Å². The lowest BCUT2D eigenvalue weighted by Gasteiger charge is -2.30. The minimum Gasteiger partial charge on any atom is -1.00 e. The summed E-state index contributed by atoms with van der Waals surface area (Å²) in [6, 6.07) is 1.31. The summed E-state index contributed by atoms with van der Waals surface area (Å²) in [4.78, 5) is 96.1. The Bertz CT molecular complexity index is 3290. The van der Waals surface area contributed by atoms with Crippen molar-refractivity contribution in [2.45, 2.75) is 167 Å². The number of ketones is 2. The Morgan fingerprint density at radius 2 is 1.22 bits per heavy atom. The number of amides is 4. The molecule has 2 aliphatic heterocycles. The molecule has 27 nitrogen and oxygen atoms in total. The molecule has 3 aliphatic carbocycles. The van der Waals surface area contributed by atoms with Crippen LogP contribution >= 0.6 is 24.0 Å². The Morgan fingerprint density at radius 3 is 1.59 bits per heavy atom. The number of phenols is 2. The summed E-state index contributed by atoms with van der Waals surface area (Å²) < 4.78 is 33.2. The number of ether oxygens (including phenoxy) is 6. The fourth-order valence-electron chi connectivity index (χ4n) is 10.7. The van der Waals surface area contributed by atoms with Gasteiger partial charge in [0.25, 0.3) is 11.8 Å². The number of aromatic hydroxyl groups is 2. The summed E-state index contributed by atoms with van der Waals surface area (Å²) in [7, 11) is 5.88. The average molecular weight is 1470 g/mol. The van der Waals surface area contributed by atoms with E-state index in [-0.39, 0.29) is 89.3 Å². The van der Waals surface area contributed by atoms with Gasteiger partial charge in [0.15, 0.2) is 23.6 Å². The number of allylic oxidation sites excluding steroid dienone is 6. The minimum absolute atomic E-state index is 0. The molecule has 5 aliphatic rings. The van der Waals surface area contributed by atoms with E-state index >= 15 is 0 Å². The number of hydrogen-bond donors (Lipinski definition) is 12. The second-order valence-electron chi connectivity index (χ2n) is 25.3. The first-order chi connectivity index (χ1) is 46.0. The van der Waals surface area contributed by atoms with Crippen LogP contribution in [-0.2, 0) is 63.6 Å². The van der Waals surface area contributed by atoms with Crippen molar-refractivity contribution in [2.75, 3.05) is 46.8 Å². The van der Waals surface area contributed by atoms with Crippen LogP contribution in [0.2, 0.25) is 0 Å². The highest BCUT2D eigenvalue weighted by Crippen LogP contribution is 2.41. The van der Waals surface area contributed by atoms with E-state index in [1.807, 2.05) is 20.8 Å². The number of fused-ring (bicyclic) bond motifs is 4. The third-order valence-electron chi connectivity index (χ3n) is 17.0. The van der Waals surface area contributed by atoms with Gasteiger partial charge in [-0.2, -0.15) is 0 Å². The summed E-state index contributed by atoms with van der Waals surface area (Å²) in [5.74, 6) is -4.43. The Kier molecular flexibility index (Phi) is 38.6. The van der Waals surface area contributed by atoms with Crippen molar-refractivity contribution < 1.29 is 116 Å². The molecule has 18 N–H and O–H groups in total. The van der Waals surface area contributed by atoms with Crippen LogP contribution in [0, 0.1) is 23.7 Å². The molecule has 2 heterocycles. The van der Waals surface area contributed by atoms with Crippen LogP contribution in [0.25, 0.3) is 0 Å². The number of nitrogens with two attached hydrogens (primary N) is 4. The summed E-state index contributed by atoms with van der Waals surface area (Å²) in [5, 5.41) is 64.1. The van der Waals surface area contributed by atoms with Gasteiger partial charge in [0.1, 0.15) is 29.5 Å². The number of carbonyl (C=O) groups is 8. The van der Waals surface area contributed by atoms with Crippen LogP contribution < -0.4 is 61.7 Å². The van der Waals surface area contributed by atoms with Gasteiger partial charge in [0, 0.05) is 88.5 Å². The Hall–Kier alpha value is -7.51. The first-order valence-electron chi connectivity index (χ1n) is 32.0. The summed E-state index contributed by atoms with van der Waals surface area (Å²) in [6.07, 6.45) is 13.0. The molecule has 1 aromatic carbocycles. The second kappa shape index (κ2) is 42.7. The number of primary amides is 2. The van der Waals surface area contributed by atoms with E-state index in [1.165, 1.54) is 46.7 Å². The molecule has 0 aromatic heterocycles. The van der Waals surface area contributed by atoms with Crippen molar-refractivity contribution in [1.82, 2.24) is 10.6 Å². The summed E-state index contributed by atoms with van der Waals surface area (Å²) in [6.45, 7) is 22.2. The molecule has 0 unspecified atom stereocenters. The van der Waals surface area contributed by atoms with Crippen LogP contribution in [0.15, 0.2) is 125 Å². The van der Waals surface area contributed by atoms with Gasteiger partial charge in [0.05, 0.1) is 59.1 Å². The van der Waals surface area contributed by atoms with Gasteiger partial charge in [-0.1, -0.05) is 89.0 Å². The molecule has 0 saturated heterocycles. The van der Waals surface area contributed by atoms with Crippen molar-refractivity contribution in [3.8, 4) is 11.5 Å². The number of carboxylic acids is 1. The Morgan fingerprint density at radius 1 is 0.760 bits per heavy atom. The van der Waals surface area contributed by atoms with E-state index in [4.69, 9.17) is 57.2 Å². The van der Waals surface area contributed by atoms with Crippen molar-refractivity contribution in [3.63, 3.8) is 0 Å². The van der Waals surface area contributed by atoms with Crippen molar-refractivity contribution in [3.05, 3.63) is 131 Å². The van der Waals surface area contributed by atoms with Gasteiger partial charge in [-0.3, -0.25) is 24.0 Å². The zero-order chi connectivity index (χ0) is 74.1. The second-order valence-corrected chi connectivity index (χ2v) is 25.7. The lowest BCUT2D eigenvalue weighted by atomic mass is 9.85. The van der Waals surface area contributed by atoms with Gasteiger partial charge in [-0.25, -0.2) is 9.59 Å². The molecule has 30 heteroatoms. The highest BCUT2D eigenvalue weighted by molar-refractivity contribution is 6.66. The van der Waals surface area contributed by atoms with Gasteiger partial charge < -0.3 is 115 Å². The molecule has 100 heavy (non-hydrogen) atoms. The van der Waals surface area contributed by atoms with E-state index in [1.54, 1.807) is 88.5 Å². The number of Topliss-reactive ketones (excluding diaryl/α,β-unsaturated/α-hetero) is 1. The van der Waals surface area contributed by atoms with Crippen molar-refractivity contribution in [2.24, 2.45) is 40.9 Å². The van der Waals surface area contributed by atoms with Gasteiger partial charge in [0.2, 0.25) is 16.8 Å². The number of methoxy groups -OCH3 is 4. The van der Waals surface area contributed by atoms with E-state index < -0.39 is 119 Å². The van der Waals surface area contributed by atoms with E-state index in [0.29, 0.717) is 66.6 Å². The standard InChI is InChI=1S/C31H45N3O8.C31H43N3O8.C4H6ClNO.C4H7NO2.2ClH/c2*1-8-12-33-26-21-13-17(2)14-25(41-7)27(36)19(4)15-20(5)29(42-31(32)39)24(40-6)11-9-10-18(3)30(38)34-22(28(21)37)16-23(26)35;5-3(7)4(6)1-2-4;5-4(1-2-4)3(6)7;;/h8-11,15-17,19,24-25,27,29,33,35-37H,1,12-14H2,2-7H3,(H2,32,39)(H,34,38);8-11,15-17,19,24-25,27,29,33,36H,1,12-14H2,2-7H3,(H2,32,39)(H,34,38);1-2,6H2;1-2,5H2,(H,6,7);2*1H/b2*11-9-,18-10+,20-15+;;;;/t2*17-,19+,24+,25+,27-,29+;;;;/m11..../s1.